The van der Waals surface area contributed by atoms with Crippen molar-refractivity contribution in [1.29, 1.82) is 0 Å². The number of aryl methyl sites for hydroxylation is 2. The largest absolute Gasteiger partial charge is 0.0907 e. The van der Waals surface area contributed by atoms with E-state index in [1.54, 1.807) is 0 Å². The molecule has 0 aliphatic carbocycles. The Morgan fingerprint density at radius 3 is 2.09 bits per heavy atom. The van der Waals surface area contributed by atoms with Gasteiger partial charge in [-0.05, 0) is 25.3 Å². The lowest BCUT2D eigenvalue weighted by Gasteiger charge is -2.02. The molecule has 0 amide bonds. The van der Waals surface area contributed by atoms with Gasteiger partial charge in [-0.25, -0.2) is 0 Å². The molecule has 1 aromatic carbocycles. The van der Waals surface area contributed by atoms with Gasteiger partial charge in [-0.15, -0.1) is 0 Å². The molecule has 0 spiro atoms. The van der Waals surface area contributed by atoms with Gasteiger partial charge in [-0.3, -0.25) is 0 Å². The topological polar surface area (TPSA) is 0 Å². The van der Waals surface area contributed by atoms with Crippen LogP contribution in [0.1, 0.15) is 18.1 Å². The SMILES string of the molecule is CCPc1cc(C)cc(C)c1. The normalized spacial score (nSPS) is 11.2. The molecule has 0 aromatic heterocycles. The fourth-order valence-electron chi connectivity index (χ4n) is 1.28. The second kappa shape index (κ2) is 3.88. The van der Waals surface area contributed by atoms with Crippen molar-refractivity contribution in [1.82, 2.24) is 0 Å². The summed E-state index contributed by atoms with van der Waals surface area (Å²) in [6.07, 6.45) is 1.27. The lowest BCUT2D eigenvalue weighted by molar-refractivity contribution is 1.40. The summed E-state index contributed by atoms with van der Waals surface area (Å²) in [5.41, 5.74) is 2.78. The minimum absolute atomic E-state index is 0.980. The monoisotopic (exact) mass is 166 g/mol. The van der Waals surface area contributed by atoms with Gasteiger partial charge in [0, 0.05) is 0 Å². The summed E-state index contributed by atoms with van der Waals surface area (Å²) in [6.45, 7) is 6.56. The van der Waals surface area contributed by atoms with E-state index in [-0.39, 0.29) is 0 Å². The molecule has 1 unspecified atom stereocenters. The van der Waals surface area contributed by atoms with Crippen LogP contribution in [0.5, 0.6) is 0 Å². The molecule has 0 saturated heterocycles. The van der Waals surface area contributed by atoms with Gasteiger partial charge in [0.2, 0.25) is 0 Å². The molecule has 0 nitrogen and oxygen atoms in total. The van der Waals surface area contributed by atoms with Crippen molar-refractivity contribution in [3.63, 3.8) is 0 Å². The third-order valence-corrected chi connectivity index (χ3v) is 2.65. The van der Waals surface area contributed by atoms with Crippen LogP contribution in [-0.4, -0.2) is 6.16 Å². The number of hydrogen-bond acceptors (Lipinski definition) is 0. The van der Waals surface area contributed by atoms with Gasteiger partial charge in [-0.2, -0.15) is 0 Å². The second-order valence-electron chi connectivity index (χ2n) is 2.91. The lowest BCUT2D eigenvalue weighted by Crippen LogP contribution is -1.96. The van der Waals surface area contributed by atoms with Crippen molar-refractivity contribution in [2.75, 3.05) is 6.16 Å². The van der Waals surface area contributed by atoms with Gasteiger partial charge in [-0.1, -0.05) is 44.8 Å². The maximum Gasteiger partial charge on any atom is -0.0266 e. The van der Waals surface area contributed by atoms with Crippen molar-refractivity contribution in [2.24, 2.45) is 0 Å². The Hall–Kier alpha value is -0.350. The predicted molar refractivity (Wildman–Crippen MR) is 54.4 cm³/mol. The van der Waals surface area contributed by atoms with Gasteiger partial charge in [0.1, 0.15) is 0 Å². The van der Waals surface area contributed by atoms with Crippen molar-refractivity contribution in [3.8, 4) is 0 Å². The van der Waals surface area contributed by atoms with Gasteiger partial charge in [0.15, 0.2) is 0 Å². The molecule has 60 valence electrons. The van der Waals surface area contributed by atoms with Crippen LogP contribution in [0.15, 0.2) is 18.2 Å². The quantitative estimate of drug-likeness (QED) is 0.592. The molecule has 0 N–H and O–H groups in total. The first-order chi connectivity index (χ1) is 5.22. The zero-order valence-corrected chi connectivity index (χ0v) is 8.44. The fourth-order valence-corrected chi connectivity index (χ4v) is 2.35. The predicted octanol–water partition coefficient (Wildman–Crippen LogP) is 2.63. The molecule has 11 heavy (non-hydrogen) atoms. The van der Waals surface area contributed by atoms with E-state index in [4.69, 9.17) is 0 Å². The molecular weight excluding hydrogens is 151 g/mol. The van der Waals surface area contributed by atoms with E-state index in [0.717, 1.165) is 8.58 Å². The molecule has 0 radical (unpaired) electrons. The Bertz CT molecular complexity index is 220. The van der Waals surface area contributed by atoms with E-state index in [1.807, 2.05) is 0 Å². The first-order valence-electron chi connectivity index (χ1n) is 4.04. The standard InChI is InChI=1S/C10H15P/c1-4-11-10-6-8(2)5-9(3)7-10/h5-7,11H,4H2,1-3H3. The second-order valence-corrected chi connectivity index (χ2v) is 4.54. The average molecular weight is 166 g/mol. The molecule has 1 aromatic rings. The van der Waals surface area contributed by atoms with E-state index < -0.39 is 0 Å². The Labute approximate surface area is 70.8 Å². The van der Waals surface area contributed by atoms with E-state index in [1.165, 1.54) is 22.6 Å². The summed E-state index contributed by atoms with van der Waals surface area (Å²) >= 11 is 0. The Morgan fingerprint density at radius 1 is 1.09 bits per heavy atom. The zero-order valence-electron chi connectivity index (χ0n) is 7.44. The van der Waals surface area contributed by atoms with E-state index >= 15 is 0 Å². The zero-order chi connectivity index (χ0) is 8.27. The first kappa shape index (κ1) is 8.74. The highest BCUT2D eigenvalue weighted by Gasteiger charge is 1.93. The average Bonchev–Trinajstić information content (AvgIpc) is 1.85. The highest BCUT2D eigenvalue weighted by atomic mass is 31.1. The molecule has 1 heteroatoms. The van der Waals surface area contributed by atoms with E-state index in [2.05, 4.69) is 39.0 Å². The van der Waals surface area contributed by atoms with Crippen LogP contribution in [-0.2, 0) is 0 Å². The van der Waals surface area contributed by atoms with Gasteiger partial charge >= 0.3 is 0 Å². The van der Waals surface area contributed by atoms with Crippen molar-refractivity contribution < 1.29 is 0 Å². The van der Waals surface area contributed by atoms with Gasteiger partial charge in [0.05, 0.1) is 0 Å². The van der Waals surface area contributed by atoms with Crippen LogP contribution < -0.4 is 5.30 Å². The molecule has 1 rings (SSSR count). The minimum Gasteiger partial charge on any atom is -0.0907 e. The van der Waals surface area contributed by atoms with Crippen LogP contribution in [0.25, 0.3) is 0 Å². The van der Waals surface area contributed by atoms with Crippen LogP contribution in [0.3, 0.4) is 0 Å². The van der Waals surface area contributed by atoms with Crippen LogP contribution in [0, 0.1) is 13.8 Å². The Balaban J connectivity index is 2.89. The highest BCUT2D eigenvalue weighted by Crippen LogP contribution is 2.11. The van der Waals surface area contributed by atoms with Crippen LogP contribution >= 0.6 is 8.58 Å². The molecule has 0 aliphatic heterocycles. The van der Waals surface area contributed by atoms with Gasteiger partial charge < -0.3 is 0 Å². The van der Waals surface area contributed by atoms with Gasteiger partial charge in [0.25, 0.3) is 0 Å². The first-order valence-corrected chi connectivity index (χ1v) is 5.25. The summed E-state index contributed by atoms with van der Waals surface area (Å²) in [5.74, 6) is 0. The molecule has 1 atom stereocenters. The molecule has 0 aliphatic rings. The van der Waals surface area contributed by atoms with Crippen LogP contribution in [0.2, 0.25) is 0 Å². The van der Waals surface area contributed by atoms with Crippen molar-refractivity contribution in [2.45, 2.75) is 20.8 Å². The molecular formula is C10H15P. The Kier molecular flexibility index (Phi) is 3.08. The smallest absolute Gasteiger partial charge is 0.0266 e. The summed E-state index contributed by atoms with van der Waals surface area (Å²) < 4.78 is 0. The lowest BCUT2D eigenvalue weighted by atomic mass is 10.2. The summed E-state index contributed by atoms with van der Waals surface area (Å²) in [6, 6.07) is 6.80. The van der Waals surface area contributed by atoms with E-state index in [0.29, 0.717) is 0 Å². The fraction of sp³-hybridized carbons (Fsp3) is 0.400. The summed E-state index contributed by atoms with van der Waals surface area (Å²) in [4.78, 5) is 0. The van der Waals surface area contributed by atoms with Crippen molar-refractivity contribution >= 4 is 13.9 Å². The van der Waals surface area contributed by atoms with Crippen molar-refractivity contribution in [3.05, 3.63) is 29.3 Å². The molecule has 0 bridgehead atoms. The summed E-state index contributed by atoms with van der Waals surface area (Å²) in [7, 11) is 0.980. The maximum absolute atomic E-state index is 2.29. The minimum atomic E-state index is 0.980. The summed E-state index contributed by atoms with van der Waals surface area (Å²) in [5, 5.41) is 1.50. The highest BCUT2D eigenvalue weighted by molar-refractivity contribution is 7.47. The number of hydrogen-bond donors (Lipinski definition) is 0. The molecule has 0 saturated carbocycles. The maximum atomic E-state index is 2.29. The number of benzene rings is 1. The molecule has 0 fully saturated rings. The van der Waals surface area contributed by atoms with E-state index in [9.17, 15) is 0 Å². The number of rotatable bonds is 2. The Morgan fingerprint density at radius 2 is 1.64 bits per heavy atom. The molecule has 0 heterocycles. The third-order valence-electron chi connectivity index (χ3n) is 1.60. The van der Waals surface area contributed by atoms with Crippen LogP contribution in [0.4, 0.5) is 0 Å². The third kappa shape index (κ3) is 2.63.